The molecule has 21 heavy (non-hydrogen) atoms. The predicted octanol–water partition coefficient (Wildman–Crippen LogP) is 1.15. The molecule has 7 heteroatoms. The number of anilines is 1. The maximum absolute atomic E-state index is 12.0. The fourth-order valence-corrected chi connectivity index (χ4v) is 3.08. The molecule has 2 rings (SSSR count). The Balaban J connectivity index is 2.03. The summed E-state index contributed by atoms with van der Waals surface area (Å²) in [5, 5.41) is 3.27. The molecule has 0 spiro atoms. The minimum atomic E-state index is -3.38. The van der Waals surface area contributed by atoms with Gasteiger partial charge in [0.1, 0.15) is 5.60 Å². The molecular formula is C14H22N2O4S. The molecule has 1 aliphatic rings. The summed E-state index contributed by atoms with van der Waals surface area (Å²) in [5.74, 6) is 0. The van der Waals surface area contributed by atoms with E-state index in [1.54, 1.807) is 31.4 Å². The number of nitrogens with one attached hydrogen (secondary N) is 1. The van der Waals surface area contributed by atoms with Crippen molar-refractivity contribution in [2.45, 2.75) is 16.9 Å². The molecule has 1 unspecified atom stereocenters. The number of nitrogens with zero attached hydrogens (tertiary/aromatic N) is 1. The number of hydrogen-bond donors (Lipinski definition) is 1. The van der Waals surface area contributed by atoms with Gasteiger partial charge in [0.2, 0.25) is 10.0 Å². The molecule has 1 heterocycles. The molecule has 1 fully saturated rings. The standard InChI is InChI=1S/C14H22N2O4S/c1-16(2)21(17,18)13-6-4-12(5-7-13)15-10-14(19-3)8-9-20-11-14/h4-7,15H,8-11H2,1-3H3. The minimum Gasteiger partial charge on any atom is -0.382 e. The highest BCUT2D eigenvalue weighted by Crippen LogP contribution is 2.24. The minimum absolute atomic E-state index is 0.281. The zero-order valence-corrected chi connectivity index (χ0v) is 13.4. The van der Waals surface area contributed by atoms with Crippen LogP contribution in [0.3, 0.4) is 0 Å². The first-order valence-corrected chi connectivity index (χ1v) is 8.23. The van der Waals surface area contributed by atoms with Crippen molar-refractivity contribution in [3.8, 4) is 0 Å². The van der Waals surface area contributed by atoms with Gasteiger partial charge < -0.3 is 14.8 Å². The number of ether oxygens (including phenoxy) is 2. The van der Waals surface area contributed by atoms with E-state index in [1.165, 1.54) is 18.4 Å². The summed E-state index contributed by atoms with van der Waals surface area (Å²) in [6.45, 7) is 1.91. The fourth-order valence-electron chi connectivity index (χ4n) is 2.18. The largest absolute Gasteiger partial charge is 0.382 e. The molecule has 6 nitrogen and oxygen atoms in total. The van der Waals surface area contributed by atoms with Gasteiger partial charge in [-0.05, 0) is 24.3 Å². The van der Waals surface area contributed by atoms with Crippen molar-refractivity contribution in [1.82, 2.24) is 4.31 Å². The van der Waals surface area contributed by atoms with Crippen LogP contribution in [-0.2, 0) is 19.5 Å². The van der Waals surface area contributed by atoms with E-state index in [1.807, 2.05) is 0 Å². The van der Waals surface area contributed by atoms with Gasteiger partial charge >= 0.3 is 0 Å². The number of rotatable bonds is 6. The van der Waals surface area contributed by atoms with Crippen LogP contribution in [0.2, 0.25) is 0 Å². The Hall–Kier alpha value is -1.15. The third-order valence-corrected chi connectivity index (χ3v) is 5.58. The number of benzene rings is 1. The van der Waals surface area contributed by atoms with Gasteiger partial charge in [-0.25, -0.2) is 12.7 Å². The first-order valence-electron chi connectivity index (χ1n) is 6.79. The smallest absolute Gasteiger partial charge is 0.242 e. The topological polar surface area (TPSA) is 67.9 Å². The Morgan fingerprint density at radius 3 is 2.48 bits per heavy atom. The molecule has 0 aliphatic carbocycles. The second kappa shape index (κ2) is 6.31. The SMILES string of the molecule is COC1(CNc2ccc(S(=O)(=O)N(C)C)cc2)CCOC1. The lowest BCUT2D eigenvalue weighted by molar-refractivity contribution is -0.00619. The summed E-state index contributed by atoms with van der Waals surface area (Å²) >= 11 is 0. The molecule has 0 saturated carbocycles. The van der Waals surface area contributed by atoms with Crippen LogP contribution in [0.5, 0.6) is 0 Å². The molecule has 1 aromatic carbocycles. The third kappa shape index (κ3) is 3.55. The zero-order valence-electron chi connectivity index (χ0n) is 12.6. The van der Waals surface area contributed by atoms with E-state index in [9.17, 15) is 8.42 Å². The van der Waals surface area contributed by atoms with Crippen LogP contribution in [0.25, 0.3) is 0 Å². The Morgan fingerprint density at radius 2 is 2.00 bits per heavy atom. The third-order valence-electron chi connectivity index (χ3n) is 3.75. The lowest BCUT2D eigenvalue weighted by atomic mass is 10.0. The second-order valence-corrected chi connectivity index (χ2v) is 7.51. The Labute approximate surface area is 126 Å². The second-order valence-electron chi connectivity index (χ2n) is 5.36. The van der Waals surface area contributed by atoms with Gasteiger partial charge in [0.25, 0.3) is 0 Å². The van der Waals surface area contributed by atoms with Crippen LogP contribution in [0, 0.1) is 0 Å². The molecule has 0 bridgehead atoms. The van der Waals surface area contributed by atoms with Crippen molar-refractivity contribution in [3.05, 3.63) is 24.3 Å². The summed E-state index contributed by atoms with van der Waals surface area (Å²) in [5.41, 5.74) is 0.560. The molecule has 1 aromatic rings. The van der Waals surface area contributed by atoms with Crippen LogP contribution in [0.15, 0.2) is 29.2 Å². The first kappa shape index (κ1) is 16.2. The number of methoxy groups -OCH3 is 1. The highest BCUT2D eigenvalue weighted by Gasteiger charge is 2.34. The summed E-state index contributed by atoms with van der Waals surface area (Å²) in [6.07, 6.45) is 0.851. The highest BCUT2D eigenvalue weighted by molar-refractivity contribution is 7.89. The van der Waals surface area contributed by atoms with Crippen molar-refractivity contribution in [2.24, 2.45) is 0 Å². The molecule has 1 N–H and O–H groups in total. The summed E-state index contributed by atoms with van der Waals surface area (Å²) < 4.78 is 36.1. The van der Waals surface area contributed by atoms with Crippen LogP contribution >= 0.6 is 0 Å². The molecule has 1 atom stereocenters. The van der Waals surface area contributed by atoms with E-state index >= 15 is 0 Å². The molecule has 0 aromatic heterocycles. The summed E-state index contributed by atoms with van der Waals surface area (Å²) in [6, 6.07) is 6.72. The van der Waals surface area contributed by atoms with Crippen LogP contribution in [0.4, 0.5) is 5.69 Å². The lowest BCUT2D eigenvalue weighted by Gasteiger charge is -2.26. The predicted molar refractivity (Wildman–Crippen MR) is 81.0 cm³/mol. The van der Waals surface area contributed by atoms with Crippen molar-refractivity contribution >= 4 is 15.7 Å². The Morgan fingerprint density at radius 1 is 1.33 bits per heavy atom. The molecular weight excluding hydrogens is 292 g/mol. The Kier molecular flexibility index (Phi) is 4.88. The van der Waals surface area contributed by atoms with Gasteiger partial charge in [0.15, 0.2) is 0 Å². The van der Waals surface area contributed by atoms with E-state index in [0.717, 1.165) is 12.1 Å². The zero-order chi connectivity index (χ0) is 15.5. The average molecular weight is 314 g/mol. The number of sulfonamides is 1. The van der Waals surface area contributed by atoms with Crippen LogP contribution in [-0.4, -0.2) is 59.3 Å². The fraction of sp³-hybridized carbons (Fsp3) is 0.571. The van der Waals surface area contributed by atoms with Gasteiger partial charge in [-0.3, -0.25) is 0 Å². The van der Waals surface area contributed by atoms with Crippen LogP contribution in [0.1, 0.15) is 6.42 Å². The van der Waals surface area contributed by atoms with Crippen LogP contribution < -0.4 is 5.32 Å². The lowest BCUT2D eigenvalue weighted by Crippen LogP contribution is -2.39. The van der Waals surface area contributed by atoms with E-state index in [4.69, 9.17) is 9.47 Å². The summed E-state index contributed by atoms with van der Waals surface area (Å²) in [4.78, 5) is 0.281. The quantitative estimate of drug-likeness (QED) is 0.853. The van der Waals surface area contributed by atoms with Crippen molar-refractivity contribution in [3.63, 3.8) is 0 Å². The molecule has 118 valence electrons. The van der Waals surface area contributed by atoms with E-state index in [-0.39, 0.29) is 10.5 Å². The van der Waals surface area contributed by atoms with E-state index < -0.39 is 10.0 Å². The van der Waals surface area contributed by atoms with Gasteiger partial charge in [-0.15, -0.1) is 0 Å². The highest BCUT2D eigenvalue weighted by atomic mass is 32.2. The monoisotopic (exact) mass is 314 g/mol. The van der Waals surface area contributed by atoms with Crippen molar-refractivity contribution in [1.29, 1.82) is 0 Å². The molecule has 0 radical (unpaired) electrons. The van der Waals surface area contributed by atoms with Crippen molar-refractivity contribution < 1.29 is 17.9 Å². The maximum atomic E-state index is 12.0. The summed E-state index contributed by atoms with van der Waals surface area (Å²) in [7, 11) is 1.34. The molecule has 1 saturated heterocycles. The number of hydrogen-bond acceptors (Lipinski definition) is 5. The maximum Gasteiger partial charge on any atom is 0.242 e. The van der Waals surface area contributed by atoms with E-state index in [0.29, 0.717) is 19.8 Å². The normalized spacial score (nSPS) is 22.7. The van der Waals surface area contributed by atoms with Crippen molar-refractivity contribution in [2.75, 3.05) is 46.3 Å². The van der Waals surface area contributed by atoms with Gasteiger partial charge in [0, 0.05) is 46.5 Å². The molecule has 1 aliphatic heterocycles. The van der Waals surface area contributed by atoms with E-state index in [2.05, 4.69) is 5.32 Å². The van der Waals surface area contributed by atoms with Gasteiger partial charge in [0.05, 0.1) is 11.5 Å². The first-order chi connectivity index (χ1) is 9.89. The molecule has 0 amide bonds. The Bertz CT molecular complexity index is 563. The van der Waals surface area contributed by atoms with Gasteiger partial charge in [-0.2, -0.15) is 0 Å². The van der Waals surface area contributed by atoms with Gasteiger partial charge in [-0.1, -0.05) is 0 Å². The average Bonchev–Trinajstić information content (AvgIpc) is 2.95.